The van der Waals surface area contributed by atoms with E-state index in [1.165, 1.54) is 6.07 Å². The molecule has 0 aliphatic carbocycles. The number of benzene rings is 1. The van der Waals surface area contributed by atoms with Crippen molar-refractivity contribution < 1.29 is 22.8 Å². The summed E-state index contributed by atoms with van der Waals surface area (Å²) in [5.74, 6) is -4.87. The zero-order chi connectivity index (χ0) is 18.8. The number of nitrogens with zero attached hydrogens (tertiary/aromatic N) is 2. The molecule has 2 rings (SSSR count). The Hall–Kier alpha value is -2.90. The molecule has 0 bridgehead atoms. The smallest absolute Gasteiger partial charge is 0.267 e. The highest BCUT2D eigenvalue weighted by Crippen LogP contribution is 2.18. The molecule has 5 nitrogen and oxygen atoms in total. The van der Waals surface area contributed by atoms with Crippen LogP contribution in [0.2, 0.25) is 0 Å². The molecule has 1 aromatic heterocycles. The third kappa shape index (κ3) is 4.14. The summed E-state index contributed by atoms with van der Waals surface area (Å²) in [6, 6.07) is 5.14. The lowest BCUT2D eigenvalue weighted by atomic mass is 10.1. The molecule has 8 heteroatoms. The van der Waals surface area contributed by atoms with Crippen molar-refractivity contribution in [2.75, 3.05) is 0 Å². The molecule has 2 amide bonds. The predicted molar refractivity (Wildman–Crippen MR) is 83.9 cm³/mol. The first kappa shape index (κ1) is 18.4. The van der Waals surface area contributed by atoms with Crippen LogP contribution in [0.1, 0.15) is 41.5 Å². The number of hydrogen-bond donors (Lipinski definition) is 1. The van der Waals surface area contributed by atoms with Gasteiger partial charge in [0.15, 0.2) is 0 Å². The fourth-order valence-electron chi connectivity index (χ4n) is 2.06. The minimum atomic E-state index is -1.13. The Morgan fingerprint density at radius 2 is 1.68 bits per heavy atom. The number of hydrazine groups is 1. The minimum Gasteiger partial charge on any atom is -0.267 e. The van der Waals surface area contributed by atoms with Gasteiger partial charge in [0.05, 0.1) is 5.54 Å². The SMILES string of the molecule is CC(C)(C)N(NC(=O)c1c(F)cccc1F)C(=O)c1ccnc(F)c1. The predicted octanol–water partition coefficient (Wildman–Crippen LogP) is 3.08. The number of halogens is 3. The molecule has 0 radical (unpaired) electrons. The second-order valence-electron chi connectivity index (χ2n) is 6.22. The van der Waals surface area contributed by atoms with E-state index in [4.69, 9.17) is 0 Å². The van der Waals surface area contributed by atoms with Gasteiger partial charge < -0.3 is 0 Å². The molecule has 1 aromatic carbocycles. The van der Waals surface area contributed by atoms with E-state index in [-0.39, 0.29) is 5.56 Å². The van der Waals surface area contributed by atoms with E-state index in [0.29, 0.717) is 0 Å². The summed E-state index contributed by atoms with van der Waals surface area (Å²) >= 11 is 0. The van der Waals surface area contributed by atoms with Gasteiger partial charge in [-0.05, 0) is 39.0 Å². The number of carbonyl (C=O) groups excluding carboxylic acids is 2. The van der Waals surface area contributed by atoms with Crippen molar-refractivity contribution in [2.45, 2.75) is 26.3 Å². The maximum absolute atomic E-state index is 13.8. The summed E-state index contributed by atoms with van der Waals surface area (Å²) in [5, 5.41) is 0.885. The minimum absolute atomic E-state index is 0.0725. The molecular weight excluding hydrogens is 335 g/mol. The standard InChI is InChI=1S/C17H16F3N3O2/c1-17(2,3)23(16(25)10-7-8-21-13(20)9-10)22-15(24)14-11(18)5-4-6-12(14)19/h4-9H,1-3H3,(H,22,24). The van der Waals surface area contributed by atoms with E-state index in [2.05, 4.69) is 10.4 Å². The van der Waals surface area contributed by atoms with Crippen LogP contribution in [-0.2, 0) is 0 Å². The van der Waals surface area contributed by atoms with Crippen LogP contribution in [0.4, 0.5) is 13.2 Å². The third-order valence-corrected chi connectivity index (χ3v) is 3.25. The Morgan fingerprint density at radius 1 is 1.08 bits per heavy atom. The largest absolute Gasteiger partial charge is 0.275 e. The maximum Gasteiger partial charge on any atom is 0.275 e. The van der Waals surface area contributed by atoms with Crippen molar-refractivity contribution in [2.24, 2.45) is 0 Å². The zero-order valence-electron chi connectivity index (χ0n) is 13.8. The van der Waals surface area contributed by atoms with Crippen molar-refractivity contribution in [1.29, 1.82) is 0 Å². The summed E-state index contributed by atoms with van der Waals surface area (Å²) in [6.45, 7) is 4.79. The molecule has 132 valence electrons. The number of pyridine rings is 1. The molecule has 0 unspecified atom stereocenters. The van der Waals surface area contributed by atoms with Gasteiger partial charge in [-0.2, -0.15) is 4.39 Å². The highest BCUT2D eigenvalue weighted by Gasteiger charge is 2.31. The molecule has 0 atom stereocenters. The molecule has 0 fully saturated rings. The lowest BCUT2D eigenvalue weighted by molar-refractivity contribution is 0.0354. The van der Waals surface area contributed by atoms with Gasteiger partial charge in [-0.3, -0.25) is 15.0 Å². The molecule has 25 heavy (non-hydrogen) atoms. The Labute approximate surface area is 142 Å². The van der Waals surface area contributed by atoms with E-state index in [1.807, 2.05) is 0 Å². The van der Waals surface area contributed by atoms with E-state index in [1.54, 1.807) is 20.8 Å². The van der Waals surface area contributed by atoms with Crippen molar-refractivity contribution in [3.8, 4) is 0 Å². The summed E-state index contributed by atoms with van der Waals surface area (Å²) in [7, 11) is 0. The monoisotopic (exact) mass is 351 g/mol. The number of carbonyl (C=O) groups is 2. The van der Waals surface area contributed by atoms with E-state index in [9.17, 15) is 22.8 Å². The highest BCUT2D eigenvalue weighted by atomic mass is 19.1. The van der Waals surface area contributed by atoms with Crippen molar-refractivity contribution in [3.63, 3.8) is 0 Å². The van der Waals surface area contributed by atoms with Gasteiger partial charge in [-0.1, -0.05) is 6.07 Å². The Kier molecular flexibility index (Phi) is 5.10. The molecule has 0 saturated carbocycles. The second-order valence-corrected chi connectivity index (χ2v) is 6.22. The molecule has 1 heterocycles. The topological polar surface area (TPSA) is 62.3 Å². The Balaban J connectivity index is 2.36. The summed E-state index contributed by atoms with van der Waals surface area (Å²) in [5.41, 5.74) is 0.358. The first-order valence-corrected chi connectivity index (χ1v) is 7.32. The number of rotatable bonds is 2. The van der Waals surface area contributed by atoms with Gasteiger partial charge in [0.1, 0.15) is 17.2 Å². The van der Waals surface area contributed by atoms with Crippen LogP contribution in [0, 0.1) is 17.6 Å². The van der Waals surface area contributed by atoms with E-state index >= 15 is 0 Å². The number of amides is 2. The van der Waals surface area contributed by atoms with Crippen molar-refractivity contribution in [3.05, 3.63) is 65.2 Å². The average molecular weight is 351 g/mol. The van der Waals surface area contributed by atoms with Gasteiger partial charge in [0, 0.05) is 17.8 Å². The average Bonchev–Trinajstić information content (AvgIpc) is 2.50. The molecule has 0 spiro atoms. The first-order chi connectivity index (χ1) is 11.6. The quantitative estimate of drug-likeness (QED) is 0.668. The van der Waals surface area contributed by atoms with Crippen molar-refractivity contribution >= 4 is 11.8 Å². The fraction of sp³-hybridized carbons (Fsp3) is 0.235. The lowest BCUT2D eigenvalue weighted by Crippen LogP contribution is -2.56. The third-order valence-electron chi connectivity index (χ3n) is 3.25. The van der Waals surface area contributed by atoms with Crippen LogP contribution < -0.4 is 5.43 Å². The number of nitrogens with one attached hydrogen (secondary N) is 1. The van der Waals surface area contributed by atoms with Crippen LogP contribution in [0.3, 0.4) is 0 Å². The zero-order valence-corrected chi connectivity index (χ0v) is 13.8. The van der Waals surface area contributed by atoms with E-state index < -0.39 is 40.5 Å². The lowest BCUT2D eigenvalue weighted by Gasteiger charge is -2.35. The van der Waals surface area contributed by atoms with E-state index in [0.717, 1.165) is 35.5 Å². The molecular formula is C17H16F3N3O2. The van der Waals surface area contributed by atoms with Gasteiger partial charge in [-0.25, -0.2) is 18.8 Å². The van der Waals surface area contributed by atoms with Crippen molar-refractivity contribution in [1.82, 2.24) is 15.4 Å². The highest BCUT2D eigenvalue weighted by molar-refractivity contribution is 5.99. The molecule has 0 saturated heterocycles. The van der Waals surface area contributed by atoms with Crippen LogP contribution >= 0.6 is 0 Å². The Morgan fingerprint density at radius 3 is 2.20 bits per heavy atom. The normalized spacial score (nSPS) is 11.1. The number of hydrogen-bond acceptors (Lipinski definition) is 3. The Bertz CT molecular complexity index is 799. The van der Waals surface area contributed by atoms with Crippen LogP contribution in [0.25, 0.3) is 0 Å². The fourth-order valence-corrected chi connectivity index (χ4v) is 2.06. The van der Waals surface area contributed by atoms with Gasteiger partial charge in [-0.15, -0.1) is 0 Å². The maximum atomic E-state index is 13.8. The summed E-state index contributed by atoms with van der Waals surface area (Å²) in [6.07, 6.45) is 1.10. The molecule has 1 N–H and O–H groups in total. The van der Waals surface area contributed by atoms with Gasteiger partial charge >= 0.3 is 0 Å². The summed E-state index contributed by atoms with van der Waals surface area (Å²) < 4.78 is 40.8. The summed E-state index contributed by atoms with van der Waals surface area (Å²) in [4.78, 5) is 28.2. The number of aromatic nitrogens is 1. The van der Waals surface area contributed by atoms with Gasteiger partial charge in [0.2, 0.25) is 5.95 Å². The molecule has 0 aliphatic rings. The first-order valence-electron chi connectivity index (χ1n) is 7.32. The van der Waals surface area contributed by atoms with Crippen LogP contribution in [-0.4, -0.2) is 27.3 Å². The van der Waals surface area contributed by atoms with Crippen LogP contribution in [0.15, 0.2) is 36.5 Å². The van der Waals surface area contributed by atoms with Gasteiger partial charge in [0.25, 0.3) is 11.8 Å². The molecule has 0 aliphatic heterocycles. The molecule has 2 aromatic rings. The second kappa shape index (κ2) is 6.92. The van der Waals surface area contributed by atoms with Crippen LogP contribution in [0.5, 0.6) is 0 Å².